The Labute approximate surface area is 161 Å². The van der Waals surface area contributed by atoms with Gasteiger partial charge in [-0.2, -0.15) is 0 Å². The molecule has 0 saturated heterocycles. The monoisotopic (exact) mass is 377 g/mol. The average molecular weight is 377 g/mol. The van der Waals surface area contributed by atoms with Gasteiger partial charge in [0.15, 0.2) is 0 Å². The van der Waals surface area contributed by atoms with Crippen LogP contribution in [0.4, 0.5) is 0 Å². The first-order valence-corrected chi connectivity index (χ1v) is 9.53. The maximum Gasteiger partial charge on any atom is 0.251 e. The van der Waals surface area contributed by atoms with Gasteiger partial charge in [0.1, 0.15) is 18.0 Å². The van der Waals surface area contributed by atoms with Crippen molar-refractivity contribution in [2.45, 2.75) is 20.1 Å². The van der Waals surface area contributed by atoms with Gasteiger partial charge >= 0.3 is 0 Å². The average Bonchev–Trinajstić information content (AvgIpc) is 3.33. The molecule has 0 saturated carbocycles. The zero-order chi connectivity index (χ0) is 18.6. The molecule has 1 N–H and O–H groups in total. The number of hydrogen-bond acceptors (Lipinski definition) is 4. The number of imidazole rings is 1. The van der Waals surface area contributed by atoms with Crippen molar-refractivity contribution in [3.63, 3.8) is 0 Å². The first-order valence-electron chi connectivity index (χ1n) is 8.65. The second-order valence-corrected chi connectivity index (χ2v) is 7.31. The predicted molar refractivity (Wildman–Crippen MR) is 106 cm³/mol. The zero-order valence-electron chi connectivity index (χ0n) is 14.9. The van der Waals surface area contributed by atoms with E-state index in [1.807, 2.05) is 65.5 Å². The topological polar surface area (TPSA) is 55.6 Å². The Balaban J connectivity index is 1.40. The fourth-order valence-electron chi connectivity index (χ4n) is 2.79. The molecule has 0 fully saturated rings. The van der Waals surface area contributed by atoms with Crippen molar-refractivity contribution >= 4 is 22.9 Å². The van der Waals surface area contributed by atoms with Gasteiger partial charge in [-0.15, -0.1) is 11.3 Å². The van der Waals surface area contributed by atoms with E-state index in [4.69, 9.17) is 4.74 Å². The molecular formula is C21H19N3O2S. The van der Waals surface area contributed by atoms with Crippen LogP contribution in [-0.2, 0) is 13.2 Å². The first-order chi connectivity index (χ1) is 13.2. The fourth-order valence-corrected chi connectivity index (χ4v) is 3.44. The smallest absolute Gasteiger partial charge is 0.251 e. The van der Waals surface area contributed by atoms with Crippen molar-refractivity contribution in [2.75, 3.05) is 0 Å². The summed E-state index contributed by atoms with van der Waals surface area (Å²) in [6.07, 6.45) is 3.99. The lowest BCUT2D eigenvalue weighted by Crippen LogP contribution is -2.22. The molecule has 0 spiro atoms. The minimum atomic E-state index is -0.114. The summed E-state index contributed by atoms with van der Waals surface area (Å²) in [4.78, 5) is 18.0. The number of hydrogen-bond donors (Lipinski definition) is 1. The molecule has 0 bridgehead atoms. The highest BCUT2D eigenvalue weighted by Crippen LogP contribution is 2.16. The third kappa shape index (κ3) is 4.17. The van der Waals surface area contributed by atoms with E-state index in [-0.39, 0.29) is 5.91 Å². The maximum atomic E-state index is 12.3. The fraction of sp³-hybridized carbons (Fsp3) is 0.143. The number of nitrogens with one attached hydrogen (secondary N) is 1. The SMILES string of the molecule is Cc1ccc2nc(COc3cccc(C(=O)NCc4cccs4)c3)cn2c1. The third-order valence-corrected chi connectivity index (χ3v) is 5.01. The van der Waals surface area contributed by atoms with E-state index in [9.17, 15) is 4.79 Å². The van der Waals surface area contributed by atoms with Crippen molar-refractivity contribution in [2.24, 2.45) is 0 Å². The molecule has 0 atom stereocenters. The Kier molecular flexibility index (Phi) is 4.89. The molecule has 0 aliphatic carbocycles. The molecule has 0 aliphatic rings. The Bertz CT molecular complexity index is 1070. The summed E-state index contributed by atoms with van der Waals surface area (Å²) >= 11 is 1.62. The molecular weight excluding hydrogens is 358 g/mol. The van der Waals surface area contributed by atoms with Crippen molar-refractivity contribution < 1.29 is 9.53 Å². The molecule has 6 heteroatoms. The van der Waals surface area contributed by atoms with E-state index in [0.717, 1.165) is 16.2 Å². The number of amides is 1. The number of aryl methyl sites for hydroxylation is 1. The van der Waals surface area contributed by atoms with Crippen LogP contribution < -0.4 is 10.1 Å². The molecule has 27 heavy (non-hydrogen) atoms. The van der Waals surface area contributed by atoms with Crippen LogP contribution >= 0.6 is 11.3 Å². The van der Waals surface area contributed by atoms with Gasteiger partial charge in [-0.25, -0.2) is 4.98 Å². The van der Waals surface area contributed by atoms with Crippen molar-refractivity contribution in [1.82, 2.24) is 14.7 Å². The van der Waals surface area contributed by atoms with E-state index >= 15 is 0 Å². The Morgan fingerprint density at radius 1 is 1.19 bits per heavy atom. The second-order valence-electron chi connectivity index (χ2n) is 6.28. The van der Waals surface area contributed by atoms with Crippen LogP contribution in [0.1, 0.15) is 26.5 Å². The molecule has 0 unspecified atom stereocenters. The zero-order valence-corrected chi connectivity index (χ0v) is 15.7. The van der Waals surface area contributed by atoms with E-state index in [0.29, 0.717) is 24.5 Å². The van der Waals surface area contributed by atoms with Crippen LogP contribution in [0.3, 0.4) is 0 Å². The number of ether oxygens (including phenoxy) is 1. The number of fused-ring (bicyclic) bond motifs is 1. The third-order valence-electron chi connectivity index (χ3n) is 4.14. The number of nitrogens with zero attached hydrogens (tertiary/aromatic N) is 2. The summed E-state index contributed by atoms with van der Waals surface area (Å²) in [6.45, 7) is 2.92. The summed E-state index contributed by atoms with van der Waals surface area (Å²) in [6, 6.07) is 15.2. The number of benzene rings is 1. The maximum absolute atomic E-state index is 12.3. The van der Waals surface area contributed by atoms with Crippen molar-refractivity contribution in [3.05, 3.63) is 88.0 Å². The number of thiophene rings is 1. The summed E-state index contributed by atoms with van der Waals surface area (Å²) in [7, 11) is 0. The molecule has 4 aromatic rings. The number of carbonyl (C=O) groups excluding carboxylic acids is 1. The van der Waals surface area contributed by atoms with Gasteiger partial charge in [0.2, 0.25) is 0 Å². The standard InChI is InChI=1S/C21H19N3O2S/c1-15-7-8-20-23-17(13-24(20)12-15)14-26-18-5-2-4-16(10-18)21(25)22-11-19-6-3-9-27-19/h2-10,12-13H,11,14H2,1H3,(H,22,25). The Hall–Kier alpha value is -3.12. The minimum absolute atomic E-state index is 0.114. The molecule has 1 amide bonds. The Morgan fingerprint density at radius 3 is 2.96 bits per heavy atom. The first kappa shape index (κ1) is 17.3. The lowest BCUT2D eigenvalue weighted by atomic mass is 10.2. The van der Waals surface area contributed by atoms with Gasteiger partial charge < -0.3 is 14.5 Å². The predicted octanol–water partition coefficient (Wildman–Crippen LogP) is 4.21. The van der Waals surface area contributed by atoms with Crippen LogP contribution in [0.5, 0.6) is 5.75 Å². The minimum Gasteiger partial charge on any atom is -0.487 e. The van der Waals surface area contributed by atoms with Crippen LogP contribution in [0, 0.1) is 6.92 Å². The normalized spacial score (nSPS) is 10.9. The van der Waals surface area contributed by atoms with Gasteiger partial charge in [-0.3, -0.25) is 4.79 Å². The molecule has 136 valence electrons. The van der Waals surface area contributed by atoms with Crippen LogP contribution in [0.15, 0.2) is 66.3 Å². The second kappa shape index (κ2) is 7.63. The highest BCUT2D eigenvalue weighted by molar-refractivity contribution is 7.09. The molecule has 0 radical (unpaired) electrons. The van der Waals surface area contributed by atoms with E-state index in [1.54, 1.807) is 23.5 Å². The summed E-state index contributed by atoms with van der Waals surface area (Å²) in [5.74, 6) is 0.532. The summed E-state index contributed by atoms with van der Waals surface area (Å²) in [5.41, 5.74) is 3.48. The van der Waals surface area contributed by atoms with Crippen LogP contribution in [0.25, 0.3) is 5.65 Å². The van der Waals surface area contributed by atoms with E-state index in [1.165, 1.54) is 5.56 Å². The van der Waals surface area contributed by atoms with Gasteiger partial charge in [-0.1, -0.05) is 18.2 Å². The quantitative estimate of drug-likeness (QED) is 0.547. The number of carbonyl (C=O) groups is 1. The molecule has 3 heterocycles. The van der Waals surface area contributed by atoms with Gasteiger partial charge in [0, 0.05) is 22.8 Å². The van der Waals surface area contributed by atoms with Crippen molar-refractivity contribution in [3.8, 4) is 5.75 Å². The molecule has 0 aliphatic heterocycles. The van der Waals surface area contributed by atoms with Crippen molar-refractivity contribution in [1.29, 1.82) is 0 Å². The highest BCUT2D eigenvalue weighted by Gasteiger charge is 2.08. The number of aromatic nitrogens is 2. The lowest BCUT2D eigenvalue weighted by molar-refractivity contribution is 0.0951. The number of rotatable bonds is 6. The molecule has 1 aromatic carbocycles. The van der Waals surface area contributed by atoms with Gasteiger partial charge in [0.05, 0.1) is 12.2 Å². The summed E-state index contributed by atoms with van der Waals surface area (Å²) in [5, 5.41) is 4.92. The lowest BCUT2D eigenvalue weighted by Gasteiger charge is -2.07. The van der Waals surface area contributed by atoms with E-state index < -0.39 is 0 Å². The molecule has 5 nitrogen and oxygen atoms in total. The summed E-state index contributed by atoms with van der Waals surface area (Å²) < 4.78 is 7.83. The van der Waals surface area contributed by atoms with Gasteiger partial charge in [-0.05, 0) is 48.2 Å². The molecule has 3 aromatic heterocycles. The largest absolute Gasteiger partial charge is 0.487 e. The highest BCUT2D eigenvalue weighted by atomic mass is 32.1. The van der Waals surface area contributed by atoms with Crippen LogP contribution in [0.2, 0.25) is 0 Å². The molecule has 4 rings (SSSR count). The number of pyridine rings is 1. The van der Waals surface area contributed by atoms with Gasteiger partial charge in [0.25, 0.3) is 5.91 Å². The Morgan fingerprint density at radius 2 is 2.11 bits per heavy atom. The van der Waals surface area contributed by atoms with E-state index in [2.05, 4.69) is 10.3 Å². The van der Waals surface area contributed by atoms with Crippen LogP contribution in [-0.4, -0.2) is 15.3 Å².